The largest absolute Gasteiger partial charge is 0.497 e. The van der Waals surface area contributed by atoms with Crippen molar-refractivity contribution < 1.29 is 4.74 Å². The van der Waals surface area contributed by atoms with Crippen LogP contribution in [0.25, 0.3) is 0 Å². The van der Waals surface area contributed by atoms with Gasteiger partial charge in [-0.2, -0.15) is 0 Å². The Labute approximate surface area is 120 Å². The van der Waals surface area contributed by atoms with Crippen LogP contribution in [0.5, 0.6) is 5.75 Å². The highest BCUT2D eigenvalue weighted by atomic mass is 16.5. The summed E-state index contributed by atoms with van der Waals surface area (Å²) in [5.41, 5.74) is 2.80. The molecule has 1 aliphatic rings. The predicted molar refractivity (Wildman–Crippen MR) is 82.0 cm³/mol. The molecule has 2 aromatic rings. The fraction of sp³-hybridized carbons (Fsp3) is 0.333. The maximum Gasteiger partial charge on any atom is 0.118 e. The number of hydrogen-bond donors (Lipinski definition) is 1. The second-order valence-electron chi connectivity index (χ2n) is 5.50. The van der Waals surface area contributed by atoms with E-state index in [0.29, 0.717) is 12.0 Å². The Bertz CT molecular complexity index is 529. The summed E-state index contributed by atoms with van der Waals surface area (Å²) in [7, 11) is 1.71. The van der Waals surface area contributed by atoms with Crippen molar-refractivity contribution in [3.8, 4) is 5.75 Å². The van der Waals surface area contributed by atoms with Crippen LogP contribution in [0, 0.1) is 0 Å². The third-order valence-electron chi connectivity index (χ3n) is 4.16. The van der Waals surface area contributed by atoms with Gasteiger partial charge in [0.15, 0.2) is 0 Å². The smallest absolute Gasteiger partial charge is 0.118 e. The molecule has 1 aliphatic carbocycles. The van der Waals surface area contributed by atoms with E-state index in [-0.39, 0.29) is 0 Å². The first-order chi connectivity index (χ1) is 9.85. The molecule has 2 heteroatoms. The number of rotatable bonds is 5. The summed E-state index contributed by atoms with van der Waals surface area (Å²) in [6, 6.07) is 19.7. The predicted octanol–water partition coefficient (Wildman–Crippen LogP) is 3.73. The quantitative estimate of drug-likeness (QED) is 0.891. The summed E-state index contributed by atoms with van der Waals surface area (Å²) in [4.78, 5) is 0. The number of nitrogens with one attached hydrogen (secondary N) is 1. The molecule has 104 valence electrons. The van der Waals surface area contributed by atoms with Crippen LogP contribution < -0.4 is 10.1 Å². The fourth-order valence-corrected chi connectivity index (χ4v) is 2.79. The molecule has 0 saturated heterocycles. The summed E-state index contributed by atoms with van der Waals surface area (Å²) < 4.78 is 5.20. The Hall–Kier alpha value is -1.80. The molecule has 0 aliphatic heterocycles. The molecule has 0 heterocycles. The summed E-state index contributed by atoms with van der Waals surface area (Å²) in [5.74, 6) is 1.64. The van der Waals surface area contributed by atoms with Crippen LogP contribution in [0.4, 0.5) is 0 Å². The van der Waals surface area contributed by atoms with E-state index in [2.05, 4.69) is 59.9 Å². The van der Waals surface area contributed by atoms with Crippen molar-refractivity contribution in [3.63, 3.8) is 0 Å². The monoisotopic (exact) mass is 267 g/mol. The van der Waals surface area contributed by atoms with Gasteiger partial charge in [0.25, 0.3) is 0 Å². The zero-order valence-electron chi connectivity index (χ0n) is 11.9. The topological polar surface area (TPSA) is 21.3 Å². The number of hydrogen-bond acceptors (Lipinski definition) is 2. The minimum Gasteiger partial charge on any atom is -0.497 e. The Morgan fingerprint density at radius 3 is 2.35 bits per heavy atom. The van der Waals surface area contributed by atoms with E-state index in [1.54, 1.807) is 7.11 Å². The average Bonchev–Trinajstić information content (AvgIpc) is 2.47. The lowest BCUT2D eigenvalue weighted by Gasteiger charge is -2.36. The summed E-state index contributed by atoms with van der Waals surface area (Å²) in [5, 5.41) is 3.63. The molecule has 1 saturated carbocycles. The molecule has 0 bridgehead atoms. The van der Waals surface area contributed by atoms with Gasteiger partial charge in [0.05, 0.1) is 7.11 Å². The molecule has 0 aromatic heterocycles. The van der Waals surface area contributed by atoms with Crippen molar-refractivity contribution >= 4 is 0 Å². The van der Waals surface area contributed by atoms with Gasteiger partial charge in [-0.15, -0.1) is 0 Å². The summed E-state index contributed by atoms with van der Waals surface area (Å²) in [6.45, 7) is 0.973. The first-order valence-corrected chi connectivity index (χ1v) is 7.26. The summed E-state index contributed by atoms with van der Waals surface area (Å²) in [6.07, 6.45) is 2.47. The van der Waals surface area contributed by atoms with E-state index in [9.17, 15) is 0 Å². The van der Waals surface area contributed by atoms with Crippen LogP contribution in [-0.2, 0) is 6.54 Å². The van der Waals surface area contributed by atoms with Gasteiger partial charge in [0.1, 0.15) is 5.75 Å². The molecular formula is C18H21NO. The Morgan fingerprint density at radius 2 is 1.70 bits per heavy atom. The van der Waals surface area contributed by atoms with E-state index in [0.717, 1.165) is 12.3 Å². The highest BCUT2D eigenvalue weighted by molar-refractivity contribution is 5.31. The zero-order chi connectivity index (χ0) is 13.8. The average molecular weight is 267 g/mol. The minimum absolute atomic E-state index is 0.655. The van der Waals surface area contributed by atoms with Crippen LogP contribution in [0.15, 0.2) is 54.6 Å². The van der Waals surface area contributed by atoms with E-state index in [4.69, 9.17) is 4.74 Å². The third-order valence-corrected chi connectivity index (χ3v) is 4.16. The molecule has 0 atom stereocenters. The van der Waals surface area contributed by atoms with Gasteiger partial charge in [-0.1, -0.05) is 42.5 Å². The van der Waals surface area contributed by atoms with E-state index >= 15 is 0 Å². The standard InChI is InChI=1S/C18H21NO/c1-20-18-9-7-15(8-10-18)16-11-17(12-16)19-13-14-5-3-2-4-6-14/h2-10,16-17,19H,11-13H2,1H3. The van der Waals surface area contributed by atoms with Gasteiger partial charge in [-0.05, 0) is 42.0 Å². The van der Waals surface area contributed by atoms with Crippen molar-refractivity contribution in [1.29, 1.82) is 0 Å². The normalized spacial score (nSPS) is 21.2. The van der Waals surface area contributed by atoms with Gasteiger partial charge in [0.2, 0.25) is 0 Å². The molecule has 0 unspecified atom stereocenters. The Morgan fingerprint density at radius 1 is 1.00 bits per heavy atom. The zero-order valence-corrected chi connectivity index (χ0v) is 11.9. The van der Waals surface area contributed by atoms with Gasteiger partial charge in [-0.25, -0.2) is 0 Å². The molecule has 2 aromatic carbocycles. The molecule has 3 rings (SSSR count). The lowest BCUT2D eigenvalue weighted by Crippen LogP contribution is -2.39. The lowest BCUT2D eigenvalue weighted by molar-refractivity contribution is 0.289. The lowest BCUT2D eigenvalue weighted by atomic mass is 9.76. The third kappa shape index (κ3) is 3.02. The van der Waals surface area contributed by atoms with E-state index in [1.807, 2.05) is 0 Å². The van der Waals surface area contributed by atoms with Gasteiger partial charge < -0.3 is 10.1 Å². The minimum atomic E-state index is 0.655. The highest BCUT2D eigenvalue weighted by Crippen LogP contribution is 2.37. The molecule has 0 radical (unpaired) electrons. The Kier molecular flexibility index (Phi) is 4.03. The second kappa shape index (κ2) is 6.10. The van der Waals surface area contributed by atoms with E-state index in [1.165, 1.54) is 24.0 Å². The van der Waals surface area contributed by atoms with Crippen molar-refractivity contribution in [2.75, 3.05) is 7.11 Å². The van der Waals surface area contributed by atoms with Crippen molar-refractivity contribution in [3.05, 3.63) is 65.7 Å². The highest BCUT2D eigenvalue weighted by Gasteiger charge is 2.29. The van der Waals surface area contributed by atoms with E-state index < -0.39 is 0 Å². The first-order valence-electron chi connectivity index (χ1n) is 7.26. The number of methoxy groups -OCH3 is 1. The van der Waals surface area contributed by atoms with Crippen LogP contribution in [0.1, 0.15) is 29.9 Å². The molecule has 1 fully saturated rings. The van der Waals surface area contributed by atoms with Crippen molar-refractivity contribution in [1.82, 2.24) is 5.32 Å². The van der Waals surface area contributed by atoms with Crippen LogP contribution in [0.3, 0.4) is 0 Å². The molecule has 0 amide bonds. The van der Waals surface area contributed by atoms with Crippen molar-refractivity contribution in [2.24, 2.45) is 0 Å². The van der Waals surface area contributed by atoms with Crippen LogP contribution >= 0.6 is 0 Å². The SMILES string of the molecule is COc1ccc(C2CC(NCc3ccccc3)C2)cc1. The van der Waals surface area contributed by atoms with Crippen molar-refractivity contribution in [2.45, 2.75) is 31.3 Å². The summed E-state index contributed by atoms with van der Waals surface area (Å²) >= 11 is 0. The van der Waals surface area contributed by atoms with Crippen LogP contribution in [-0.4, -0.2) is 13.2 Å². The molecule has 2 nitrogen and oxygen atoms in total. The number of benzene rings is 2. The Balaban J connectivity index is 1.46. The van der Waals surface area contributed by atoms with Gasteiger partial charge in [-0.3, -0.25) is 0 Å². The number of ether oxygens (including phenoxy) is 1. The molecular weight excluding hydrogens is 246 g/mol. The van der Waals surface area contributed by atoms with Gasteiger partial charge in [0, 0.05) is 12.6 Å². The molecule has 0 spiro atoms. The maximum absolute atomic E-state index is 5.20. The molecule has 20 heavy (non-hydrogen) atoms. The second-order valence-corrected chi connectivity index (χ2v) is 5.50. The van der Waals surface area contributed by atoms with Gasteiger partial charge >= 0.3 is 0 Å². The maximum atomic E-state index is 5.20. The van der Waals surface area contributed by atoms with Crippen LogP contribution in [0.2, 0.25) is 0 Å². The molecule has 1 N–H and O–H groups in total. The first kappa shape index (κ1) is 13.2. The fourth-order valence-electron chi connectivity index (χ4n) is 2.79.